The lowest BCUT2D eigenvalue weighted by molar-refractivity contribution is 0.0681. The van der Waals surface area contributed by atoms with Crippen LogP contribution in [0.15, 0.2) is 82.6 Å². The Hall–Kier alpha value is -3.48. The van der Waals surface area contributed by atoms with Crippen LogP contribution < -0.4 is 4.84 Å². The number of aromatic carboxylic acids is 2. The molecule has 0 spiro atoms. The molecule has 0 unspecified atom stereocenters. The maximum atomic E-state index is 10.3. The van der Waals surface area contributed by atoms with Crippen molar-refractivity contribution < 1.29 is 52.8 Å². The van der Waals surface area contributed by atoms with Crippen LogP contribution in [0.25, 0.3) is 31.0 Å². The number of halogens is 1. The second-order valence-electron chi connectivity index (χ2n) is 10.4. The molecular formula is C31H29ClN3O11P2S4-. The Kier molecular flexibility index (Phi) is 15.3. The third kappa shape index (κ3) is 13.5. The molecular weight excluding hydrogens is 816 g/mol. The highest BCUT2D eigenvalue weighted by Gasteiger charge is 2.28. The van der Waals surface area contributed by atoms with E-state index in [2.05, 4.69) is 70.1 Å². The summed E-state index contributed by atoms with van der Waals surface area (Å²) < 4.78 is 24.6. The summed E-state index contributed by atoms with van der Waals surface area (Å²) in [6.45, 7) is 6.09. The number of hydrogen-bond acceptors (Lipinski definition) is 12. The molecule has 4 aromatic carbocycles. The average molecular weight is 845 g/mol. The number of thiazole rings is 2. The van der Waals surface area contributed by atoms with Gasteiger partial charge < -0.3 is 42.4 Å². The van der Waals surface area contributed by atoms with Crippen molar-refractivity contribution in [3.63, 3.8) is 0 Å². The number of hydrogen-bond donors (Lipinski definition) is 8. The summed E-state index contributed by atoms with van der Waals surface area (Å²) >= 11 is 18.1. The van der Waals surface area contributed by atoms with Crippen LogP contribution in [0.1, 0.15) is 36.9 Å². The Morgan fingerprint density at radius 3 is 1.71 bits per heavy atom. The second kappa shape index (κ2) is 18.5. The predicted molar refractivity (Wildman–Crippen MR) is 207 cm³/mol. The molecule has 0 fully saturated rings. The molecule has 21 heteroatoms. The fourth-order valence-corrected chi connectivity index (χ4v) is 7.58. The molecule has 0 saturated heterocycles. The van der Waals surface area contributed by atoms with Gasteiger partial charge in [-0.3, -0.25) is 4.84 Å². The van der Waals surface area contributed by atoms with Gasteiger partial charge in [-0.1, -0.05) is 41.5 Å². The lowest BCUT2D eigenvalue weighted by Crippen LogP contribution is -1.99. The first kappa shape index (κ1) is 42.9. The van der Waals surface area contributed by atoms with E-state index in [0.717, 1.165) is 42.1 Å². The van der Waals surface area contributed by atoms with Gasteiger partial charge in [-0.05, 0) is 63.2 Å². The standard InChI is InChI=1S/C16H12N2S2.C8H6O4.C7H8ClNS2.H4O7P2/c1-9-3-5-11(6-4-9)16-18-13-8-14-12(7-15(13)20-16)17-10(2)19-14;9-7(10)5-1-2-6(4-3-5)8(11)12;1-4-2-7(11)5(9-8)3-6(4)10;1-8(2,3)7-9(4,5)6/h3-8H,1-2H3;1-4H,(H,9,10)(H,11,12);2-3,9-11H,1H3;(H2,1,2,3)(H2,4,5,6)/p-1. The number of fused-ring (bicyclic) bond motifs is 2. The molecule has 0 aliphatic heterocycles. The minimum atomic E-state index is -5.05. The molecule has 0 radical (unpaired) electrons. The molecule has 2 heterocycles. The average Bonchev–Trinajstić information content (AvgIpc) is 3.62. The van der Waals surface area contributed by atoms with E-state index in [-0.39, 0.29) is 11.1 Å². The van der Waals surface area contributed by atoms with Crippen molar-refractivity contribution >= 4 is 113 Å². The fourth-order valence-electron chi connectivity index (χ4n) is 3.93. The monoisotopic (exact) mass is 844 g/mol. The fraction of sp³-hybridized carbons (Fsp3) is 0.0968. The molecule has 0 bridgehead atoms. The first-order chi connectivity index (χ1) is 24.1. The van der Waals surface area contributed by atoms with Crippen LogP contribution in [0.5, 0.6) is 0 Å². The highest BCUT2D eigenvalue weighted by Crippen LogP contribution is 2.53. The van der Waals surface area contributed by atoms with E-state index >= 15 is 0 Å². The van der Waals surface area contributed by atoms with Gasteiger partial charge in [0.15, 0.2) is 0 Å². The molecule has 52 heavy (non-hydrogen) atoms. The summed E-state index contributed by atoms with van der Waals surface area (Å²) in [4.78, 5) is 65.1. The summed E-state index contributed by atoms with van der Waals surface area (Å²) in [5.41, 5.74) is 6.58. The van der Waals surface area contributed by atoms with Crippen molar-refractivity contribution in [1.82, 2.24) is 9.97 Å². The lowest BCUT2D eigenvalue weighted by atomic mass is 10.1. The molecule has 6 aromatic rings. The molecule has 0 saturated carbocycles. The molecule has 0 aliphatic carbocycles. The van der Waals surface area contributed by atoms with Gasteiger partial charge in [-0.25, -0.2) is 28.7 Å². The van der Waals surface area contributed by atoms with E-state index < -0.39 is 27.6 Å². The summed E-state index contributed by atoms with van der Waals surface area (Å²) in [5.74, 6) is -2.13. The number of aryl methyl sites for hydroxylation is 3. The van der Waals surface area contributed by atoms with Gasteiger partial charge in [0.25, 0.3) is 0 Å². The van der Waals surface area contributed by atoms with Crippen LogP contribution in [-0.4, -0.2) is 51.7 Å². The third-order valence-electron chi connectivity index (χ3n) is 6.29. The highest BCUT2D eigenvalue weighted by molar-refractivity contribution is 7.80. The van der Waals surface area contributed by atoms with Crippen molar-refractivity contribution in [3.8, 4) is 10.6 Å². The van der Waals surface area contributed by atoms with Crippen LogP contribution in [0, 0.1) is 20.8 Å². The van der Waals surface area contributed by atoms with Crippen molar-refractivity contribution in [2.24, 2.45) is 0 Å². The second-order valence-corrected chi connectivity index (χ2v) is 16.4. The van der Waals surface area contributed by atoms with Gasteiger partial charge in [0.2, 0.25) is 0 Å². The Bertz CT molecular complexity index is 2190. The van der Waals surface area contributed by atoms with Crippen LogP contribution in [0.4, 0.5) is 5.69 Å². The maximum absolute atomic E-state index is 10.3. The number of nitrogens with zero attached hydrogens (tertiary/aromatic N) is 2. The number of nitrogens with one attached hydrogen (secondary N) is 1. The molecule has 6 rings (SSSR count). The number of thiol groups is 1. The minimum absolute atomic E-state index is 0.0833. The van der Waals surface area contributed by atoms with Crippen molar-refractivity contribution in [2.75, 3.05) is 4.84 Å². The number of rotatable bonds is 6. The van der Waals surface area contributed by atoms with E-state index in [1.54, 1.807) is 28.7 Å². The Balaban J connectivity index is 0.000000199. The first-order valence-corrected chi connectivity index (χ1v) is 20.1. The Labute approximate surface area is 320 Å². The molecule has 276 valence electrons. The number of anilines is 1. The van der Waals surface area contributed by atoms with E-state index in [1.165, 1.54) is 44.8 Å². The summed E-state index contributed by atoms with van der Waals surface area (Å²) in [7, 11) is -10.1. The molecule has 2 aromatic heterocycles. The van der Waals surface area contributed by atoms with Gasteiger partial charge in [0.1, 0.15) is 5.01 Å². The number of benzene rings is 4. The van der Waals surface area contributed by atoms with E-state index in [4.69, 9.17) is 59.2 Å². The summed E-state index contributed by atoms with van der Waals surface area (Å²) in [6.07, 6.45) is 0. The van der Waals surface area contributed by atoms with E-state index in [9.17, 15) is 18.7 Å². The quantitative estimate of drug-likeness (QED) is 0.0341. The van der Waals surface area contributed by atoms with Gasteiger partial charge in [-0.15, -0.1) is 35.3 Å². The van der Waals surface area contributed by atoms with Gasteiger partial charge in [-0.2, -0.15) is 9.21 Å². The Morgan fingerprint density at radius 1 is 0.788 bits per heavy atom. The number of carboxylic acid groups (broad SMARTS) is 2. The minimum Gasteiger partial charge on any atom is -0.779 e. The van der Waals surface area contributed by atoms with Crippen LogP contribution in [0.3, 0.4) is 0 Å². The van der Waals surface area contributed by atoms with Crippen molar-refractivity contribution in [3.05, 3.63) is 100 Å². The first-order valence-electron chi connectivity index (χ1n) is 14.2. The Morgan fingerprint density at radius 2 is 1.27 bits per heavy atom. The van der Waals surface area contributed by atoms with Gasteiger partial charge in [0, 0.05) is 22.2 Å². The van der Waals surface area contributed by atoms with Gasteiger partial charge >= 0.3 is 27.6 Å². The molecule has 7 N–H and O–H groups in total. The lowest BCUT2D eigenvalue weighted by Gasteiger charge is -2.13. The van der Waals surface area contributed by atoms with E-state index in [0.29, 0.717) is 0 Å². The third-order valence-corrected chi connectivity index (χ3v) is 11.0. The molecule has 0 atom stereocenters. The molecule has 0 amide bonds. The summed E-state index contributed by atoms with van der Waals surface area (Å²) in [5, 5.41) is 19.1. The zero-order valence-electron chi connectivity index (χ0n) is 27.0. The predicted octanol–water partition coefficient (Wildman–Crippen LogP) is 8.22. The van der Waals surface area contributed by atoms with Crippen LogP contribution >= 0.6 is 62.7 Å². The van der Waals surface area contributed by atoms with Gasteiger partial charge in [0.05, 0.1) is 42.3 Å². The zero-order valence-corrected chi connectivity index (χ0v) is 32.9. The number of aromatic nitrogens is 2. The van der Waals surface area contributed by atoms with Crippen LogP contribution in [0.2, 0.25) is 0 Å². The topological polar surface area (TPSA) is 237 Å². The SMILES string of the molecule is Cc1cc(S)c(NCl)cc1[S-].Cc1ccc(-c2nc3cc4sc(C)nc4cc3s2)cc1.O=C(O)c1ccc(C(=O)O)cc1.O=P(O)(O)OP(=O)(O)O. The zero-order chi connectivity index (χ0) is 39.0. The normalized spacial score (nSPS) is 11.0. The number of phosphoric acid groups is 2. The number of carboxylic acids is 2. The van der Waals surface area contributed by atoms with Crippen molar-refractivity contribution in [1.29, 1.82) is 0 Å². The van der Waals surface area contributed by atoms with Crippen molar-refractivity contribution in [2.45, 2.75) is 30.6 Å². The van der Waals surface area contributed by atoms with E-state index in [1.807, 2.05) is 19.9 Å². The smallest absolute Gasteiger partial charge is 0.478 e. The maximum Gasteiger partial charge on any atom is 0.478 e. The largest absolute Gasteiger partial charge is 0.779 e. The number of carbonyl (C=O) groups is 2. The molecule has 0 aliphatic rings. The summed E-state index contributed by atoms with van der Waals surface area (Å²) in [6, 6.07) is 21.5. The molecule has 14 nitrogen and oxygen atoms in total. The van der Waals surface area contributed by atoms with Crippen LogP contribution in [-0.2, 0) is 26.1 Å². The highest BCUT2D eigenvalue weighted by atomic mass is 35.5.